The summed E-state index contributed by atoms with van der Waals surface area (Å²) in [5.74, 6) is 0.0211. The van der Waals surface area contributed by atoms with E-state index < -0.39 is 10.0 Å². The summed E-state index contributed by atoms with van der Waals surface area (Å²) in [6, 6.07) is 8.98. The SMILES string of the molecule is CCNC(=O)[C@@H](C)N1CCN(S(=O)(=O)Cc2ccccc2)CC1. The van der Waals surface area contributed by atoms with Crippen molar-refractivity contribution in [3.63, 3.8) is 0 Å². The van der Waals surface area contributed by atoms with Crippen LogP contribution < -0.4 is 5.32 Å². The molecule has 1 fully saturated rings. The Labute approximate surface area is 138 Å². The Morgan fingerprint density at radius 3 is 2.35 bits per heavy atom. The zero-order valence-electron chi connectivity index (χ0n) is 13.7. The standard InChI is InChI=1S/C16H25N3O3S/c1-3-17-16(20)14(2)18-9-11-19(12-10-18)23(21,22)13-15-7-5-4-6-8-15/h4-8,14H,3,9-13H2,1-2H3,(H,17,20)/t14-/m1/s1. The van der Waals surface area contributed by atoms with Crippen LogP contribution in [0.15, 0.2) is 30.3 Å². The van der Waals surface area contributed by atoms with Crippen LogP contribution in [0.25, 0.3) is 0 Å². The molecule has 1 aromatic rings. The number of piperazine rings is 1. The number of sulfonamides is 1. The molecule has 2 rings (SSSR count). The second-order valence-electron chi connectivity index (χ2n) is 5.75. The van der Waals surface area contributed by atoms with Crippen molar-refractivity contribution in [1.82, 2.24) is 14.5 Å². The zero-order valence-corrected chi connectivity index (χ0v) is 14.6. The molecule has 1 aliphatic rings. The maximum atomic E-state index is 12.5. The van der Waals surface area contributed by atoms with E-state index in [0.29, 0.717) is 32.7 Å². The van der Waals surface area contributed by atoms with Gasteiger partial charge in [0.1, 0.15) is 0 Å². The van der Waals surface area contributed by atoms with Crippen LogP contribution in [0.4, 0.5) is 0 Å². The van der Waals surface area contributed by atoms with Gasteiger partial charge in [0.2, 0.25) is 15.9 Å². The lowest BCUT2D eigenvalue weighted by atomic mass is 10.2. The molecule has 1 heterocycles. The molecular formula is C16H25N3O3S. The zero-order chi connectivity index (χ0) is 16.9. The molecule has 1 aromatic carbocycles. The van der Waals surface area contributed by atoms with Crippen molar-refractivity contribution in [3.8, 4) is 0 Å². The molecule has 1 saturated heterocycles. The summed E-state index contributed by atoms with van der Waals surface area (Å²) in [4.78, 5) is 13.9. The van der Waals surface area contributed by atoms with Crippen LogP contribution in [0.2, 0.25) is 0 Å². The van der Waals surface area contributed by atoms with Crippen molar-refractivity contribution in [2.45, 2.75) is 25.6 Å². The number of likely N-dealkylation sites (N-methyl/N-ethyl adjacent to an activating group) is 1. The average molecular weight is 339 g/mol. The number of nitrogens with one attached hydrogen (secondary N) is 1. The summed E-state index contributed by atoms with van der Waals surface area (Å²) in [5.41, 5.74) is 0.797. The van der Waals surface area contributed by atoms with E-state index in [-0.39, 0.29) is 17.7 Å². The maximum Gasteiger partial charge on any atom is 0.237 e. The minimum atomic E-state index is -3.31. The predicted octanol–water partition coefficient (Wildman–Crippen LogP) is 0.659. The first-order valence-corrected chi connectivity index (χ1v) is 9.58. The highest BCUT2D eigenvalue weighted by molar-refractivity contribution is 7.88. The molecule has 0 unspecified atom stereocenters. The molecule has 23 heavy (non-hydrogen) atoms. The van der Waals surface area contributed by atoms with Crippen molar-refractivity contribution in [1.29, 1.82) is 0 Å². The van der Waals surface area contributed by atoms with Gasteiger partial charge in [-0.05, 0) is 19.4 Å². The van der Waals surface area contributed by atoms with E-state index in [0.717, 1.165) is 5.56 Å². The van der Waals surface area contributed by atoms with Gasteiger partial charge < -0.3 is 5.32 Å². The largest absolute Gasteiger partial charge is 0.355 e. The maximum absolute atomic E-state index is 12.5. The number of carbonyl (C=O) groups excluding carboxylic acids is 1. The number of nitrogens with zero attached hydrogens (tertiary/aromatic N) is 2. The van der Waals surface area contributed by atoms with Gasteiger partial charge in [-0.2, -0.15) is 4.31 Å². The first kappa shape index (κ1) is 17.9. The summed E-state index contributed by atoms with van der Waals surface area (Å²) in [5, 5.41) is 2.80. The molecule has 1 aliphatic heterocycles. The molecule has 0 saturated carbocycles. The third kappa shape index (κ3) is 4.76. The lowest BCUT2D eigenvalue weighted by Gasteiger charge is -2.36. The number of carbonyl (C=O) groups is 1. The van der Waals surface area contributed by atoms with Gasteiger partial charge >= 0.3 is 0 Å². The van der Waals surface area contributed by atoms with E-state index in [4.69, 9.17) is 0 Å². The molecule has 0 radical (unpaired) electrons. The molecule has 7 heteroatoms. The fourth-order valence-electron chi connectivity index (χ4n) is 2.73. The van der Waals surface area contributed by atoms with E-state index in [2.05, 4.69) is 5.32 Å². The normalized spacial score (nSPS) is 18.5. The van der Waals surface area contributed by atoms with Gasteiger partial charge in [0.15, 0.2) is 0 Å². The van der Waals surface area contributed by atoms with E-state index in [1.807, 2.05) is 49.1 Å². The van der Waals surface area contributed by atoms with E-state index in [9.17, 15) is 13.2 Å². The summed E-state index contributed by atoms with van der Waals surface area (Å²) >= 11 is 0. The Morgan fingerprint density at radius 1 is 1.17 bits per heavy atom. The molecule has 0 aromatic heterocycles. The summed E-state index contributed by atoms with van der Waals surface area (Å²) < 4.78 is 26.5. The van der Waals surface area contributed by atoms with Crippen LogP contribution in [0.5, 0.6) is 0 Å². The number of amides is 1. The van der Waals surface area contributed by atoms with Gasteiger partial charge in [-0.3, -0.25) is 9.69 Å². The highest BCUT2D eigenvalue weighted by Crippen LogP contribution is 2.15. The molecule has 0 bridgehead atoms. The fraction of sp³-hybridized carbons (Fsp3) is 0.562. The summed E-state index contributed by atoms with van der Waals surface area (Å²) in [7, 11) is -3.31. The fourth-order valence-corrected chi connectivity index (χ4v) is 4.25. The van der Waals surface area contributed by atoms with E-state index >= 15 is 0 Å². The molecule has 0 aliphatic carbocycles. The Balaban J connectivity index is 1.92. The van der Waals surface area contributed by atoms with Crippen LogP contribution in [-0.2, 0) is 20.6 Å². The topological polar surface area (TPSA) is 69.7 Å². The van der Waals surface area contributed by atoms with Crippen LogP contribution in [0, 0.1) is 0 Å². The van der Waals surface area contributed by atoms with Gasteiger partial charge in [-0.25, -0.2) is 8.42 Å². The first-order chi connectivity index (χ1) is 10.9. The van der Waals surface area contributed by atoms with Crippen molar-refractivity contribution in [3.05, 3.63) is 35.9 Å². The minimum Gasteiger partial charge on any atom is -0.355 e. The molecule has 128 valence electrons. The predicted molar refractivity (Wildman–Crippen MR) is 90.4 cm³/mol. The summed E-state index contributed by atoms with van der Waals surface area (Å²) in [6.45, 7) is 6.36. The van der Waals surface area contributed by atoms with Crippen molar-refractivity contribution >= 4 is 15.9 Å². The molecule has 1 atom stereocenters. The van der Waals surface area contributed by atoms with Gasteiger partial charge in [0.05, 0.1) is 11.8 Å². The first-order valence-electron chi connectivity index (χ1n) is 7.97. The van der Waals surface area contributed by atoms with Crippen LogP contribution >= 0.6 is 0 Å². The molecular weight excluding hydrogens is 314 g/mol. The van der Waals surface area contributed by atoms with Crippen molar-refractivity contribution in [2.24, 2.45) is 0 Å². The second-order valence-corrected chi connectivity index (χ2v) is 7.72. The molecule has 1 N–H and O–H groups in total. The Bertz CT molecular complexity index is 611. The van der Waals surface area contributed by atoms with Gasteiger partial charge in [0.25, 0.3) is 0 Å². The van der Waals surface area contributed by atoms with Crippen LogP contribution in [0.3, 0.4) is 0 Å². The molecule has 6 nitrogen and oxygen atoms in total. The highest BCUT2D eigenvalue weighted by atomic mass is 32.2. The highest BCUT2D eigenvalue weighted by Gasteiger charge is 2.30. The average Bonchev–Trinajstić information content (AvgIpc) is 2.55. The van der Waals surface area contributed by atoms with Gasteiger partial charge in [0, 0.05) is 32.7 Å². The number of hydrogen-bond donors (Lipinski definition) is 1. The third-order valence-electron chi connectivity index (χ3n) is 4.14. The Morgan fingerprint density at radius 2 is 1.78 bits per heavy atom. The lowest BCUT2D eigenvalue weighted by Crippen LogP contribution is -2.55. The smallest absolute Gasteiger partial charge is 0.237 e. The van der Waals surface area contributed by atoms with Crippen LogP contribution in [0.1, 0.15) is 19.4 Å². The van der Waals surface area contributed by atoms with E-state index in [1.54, 1.807) is 0 Å². The lowest BCUT2D eigenvalue weighted by molar-refractivity contribution is -0.126. The number of rotatable bonds is 6. The monoisotopic (exact) mass is 339 g/mol. The molecule has 0 spiro atoms. The second kappa shape index (κ2) is 7.90. The quantitative estimate of drug-likeness (QED) is 0.827. The number of benzene rings is 1. The molecule has 1 amide bonds. The van der Waals surface area contributed by atoms with E-state index in [1.165, 1.54) is 4.31 Å². The third-order valence-corrected chi connectivity index (χ3v) is 5.99. The van der Waals surface area contributed by atoms with Gasteiger partial charge in [-0.15, -0.1) is 0 Å². The Hall–Kier alpha value is -1.44. The van der Waals surface area contributed by atoms with Gasteiger partial charge in [-0.1, -0.05) is 30.3 Å². The van der Waals surface area contributed by atoms with Crippen molar-refractivity contribution in [2.75, 3.05) is 32.7 Å². The summed E-state index contributed by atoms with van der Waals surface area (Å²) in [6.07, 6.45) is 0. The Kier molecular flexibility index (Phi) is 6.15. The number of hydrogen-bond acceptors (Lipinski definition) is 4. The van der Waals surface area contributed by atoms with Crippen LogP contribution in [-0.4, -0.2) is 62.3 Å². The van der Waals surface area contributed by atoms with Crippen molar-refractivity contribution < 1.29 is 13.2 Å². The minimum absolute atomic E-state index is 0.00640.